The van der Waals surface area contributed by atoms with E-state index in [1.807, 2.05) is 0 Å². The molecular weight excluding hydrogens is 220 g/mol. The fraction of sp³-hybridized carbons (Fsp3) is 1.00. The van der Waals surface area contributed by atoms with Crippen LogP contribution >= 0.6 is 0 Å². The van der Waals surface area contributed by atoms with Crippen LogP contribution in [0, 0.1) is 11.8 Å². The lowest BCUT2D eigenvalue weighted by Gasteiger charge is -2.38. The Morgan fingerprint density at radius 1 is 1.11 bits per heavy atom. The predicted molar refractivity (Wildman–Crippen MR) is 81.0 cm³/mol. The van der Waals surface area contributed by atoms with Crippen LogP contribution in [0.2, 0.25) is 0 Å². The summed E-state index contributed by atoms with van der Waals surface area (Å²) in [6.45, 7) is 11.9. The SMILES string of the molecule is CNCC(C)C(C)N(CCC(C)C)C1CCCC1. The third-order valence-electron chi connectivity index (χ3n) is 4.63. The molecule has 2 unspecified atom stereocenters. The molecule has 18 heavy (non-hydrogen) atoms. The molecule has 0 saturated heterocycles. The highest BCUT2D eigenvalue weighted by molar-refractivity contribution is 4.84. The molecule has 2 atom stereocenters. The normalized spacial score (nSPS) is 20.8. The van der Waals surface area contributed by atoms with E-state index < -0.39 is 0 Å². The fourth-order valence-electron chi connectivity index (χ4n) is 3.18. The number of nitrogens with one attached hydrogen (secondary N) is 1. The Hall–Kier alpha value is -0.0800. The standard InChI is InChI=1S/C16H34N2/c1-13(2)10-11-18(16-8-6-7-9-16)15(4)14(3)12-17-5/h13-17H,6-12H2,1-5H3. The molecule has 1 aliphatic carbocycles. The van der Waals surface area contributed by atoms with Gasteiger partial charge in [-0.3, -0.25) is 4.90 Å². The summed E-state index contributed by atoms with van der Waals surface area (Å²) in [5.41, 5.74) is 0. The Bertz CT molecular complexity index is 209. The van der Waals surface area contributed by atoms with Crippen molar-refractivity contribution in [1.29, 1.82) is 0 Å². The van der Waals surface area contributed by atoms with Gasteiger partial charge < -0.3 is 5.32 Å². The Kier molecular flexibility index (Phi) is 7.25. The van der Waals surface area contributed by atoms with E-state index >= 15 is 0 Å². The van der Waals surface area contributed by atoms with Gasteiger partial charge in [-0.2, -0.15) is 0 Å². The fourth-order valence-corrected chi connectivity index (χ4v) is 3.18. The van der Waals surface area contributed by atoms with Gasteiger partial charge in [-0.05, 0) is 58.2 Å². The molecule has 0 aromatic heterocycles. The van der Waals surface area contributed by atoms with Crippen LogP contribution in [-0.4, -0.2) is 37.1 Å². The summed E-state index contributed by atoms with van der Waals surface area (Å²) in [6.07, 6.45) is 7.07. The van der Waals surface area contributed by atoms with Gasteiger partial charge >= 0.3 is 0 Å². The highest BCUT2D eigenvalue weighted by Crippen LogP contribution is 2.27. The first-order valence-corrected chi connectivity index (χ1v) is 7.96. The van der Waals surface area contributed by atoms with Gasteiger partial charge in [-0.25, -0.2) is 0 Å². The summed E-state index contributed by atoms with van der Waals surface area (Å²) in [4.78, 5) is 2.81. The molecule has 0 spiro atoms. The lowest BCUT2D eigenvalue weighted by Crippen LogP contribution is -2.46. The molecule has 1 N–H and O–H groups in total. The van der Waals surface area contributed by atoms with Crippen LogP contribution in [0.25, 0.3) is 0 Å². The molecule has 0 heterocycles. The second-order valence-corrected chi connectivity index (χ2v) is 6.63. The molecule has 0 amide bonds. The first-order valence-electron chi connectivity index (χ1n) is 7.96. The Morgan fingerprint density at radius 2 is 1.72 bits per heavy atom. The van der Waals surface area contributed by atoms with Crippen molar-refractivity contribution in [2.75, 3.05) is 20.1 Å². The Labute approximate surface area is 115 Å². The van der Waals surface area contributed by atoms with Crippen LogP contribution in [0.5, 0.6) is 0 Å². The van der Waals surface area contributed by atoms with Gasteiger partial charge in [-0.1, -0.05) is 33.6 Å². The summed E-state index contributed by atoms with van der Waals surface area (Å²) >= 11 is 0. The molecule has 1 saturated carbocycles. The highest BCUT2D eigenvalue weighted by Gasteiger charge is 2.28. The zero-order chi connectivity index (χ0) is 13.5. The zero-order valence-corrected chi connectivity index (χ0v) is 13.2. The second kappa shape index (κ2) is 8.16. The molecule has 2 nitrogen and oxygen atoms in total. The minimum atomic E-state index is 0.708. The van der Waals surface area contributed by atoms with Crippen molar-refractivity contribution in [3.8, 4) is 0 Å². The molecule has 0 bridgehead atoms. The van der Waals surface area contributed by atoms with Crippen molar-refractivity contribution in [3.63, 3.8) is 0 Å². The summed E-state index contributed by atoms with van der Waals surface area (Å²) in [5, 5.41) is 3.33. The largest absolute Gasteiger partial charge is 0.319 e. The first-order chi connectivity index (χ1) is 8.56. The third-order valence-corrected chi connectivity index (χ3v) is 4.63. The van der Waals surface area contributed by atoms with E-state index in [1.165, 1.54) is 38.6 Å². The maximum absolute atomic E-state index is 3.33. The number of nitrogens with zero attached hydrogens (tertiary/aromatic N) is 1. The summed E-state index contributed by atoms with van der Waals surface area (Å²) in [6, 6.07) is 1.57. The monoisotopic (exact) mass is 254 g/mol. The first kappa shape index (κ1) is 16.0. The van der Waals surface area contributed by atoms with Crippen LogP contribution in [0.1, 0.15) is 59.8 Å². The molecular formula is C16H34N2. The van der Waals surface area contributed by atoms with Crippen LogP contribution in [0.3, 0.4) is 0 Å². The van der Waals surface area contributed by atoms with Gasteiger partial charge in [0.25, 0.3) is 0 Å². The minimum Gasteiger partial charge on any atom is -0.319 e. The van der Waals surface area contributed by atoms with E-state index in [0.717, 1.165) is 24.4 Å². The van der Waals surface area contributed by atoms with Crippen molar-refractivity contribution < 1.29 is 0 Å². The minimum absolute atomic E-state index is 0.708. The second-order valence-electron chi connectivity index (χ2n) is 6.63. The molecule has 0 aromatic rings. The summed E-state index contributed by atoms with van der Waals surface area (Å²) in [7, 11) is 2.07. The molecule has 1 fully saturated rings. The van der Waals surface area contributed by atoms with Gasteiger partial charge in [0, 0.05) is 12.1 Å². The lowest BCUT2D eigenvalue weighted by atomic mass is 9.98. The average Bonchev–Trinajstić information content (AvgIpc) is 2.82. The zero-order valence-electron chi connectivity index (χ0n) is 13.2. The van der Waals surface area contributed by atoms with Gasteiger partial charge in [0.15, 0.2) is 0 Å². The predicted octanol–water partition coefficient (Wildman–Crippen LogP) is 3.52. The van der Waals surface area contributed by atoms with Crippen LogP contribution < -0.4 is 5.32 Å². The topological polar surface area (TPSA) is 15.3 Å². The van der Waals surface area contributed by atoms with E-state index in [-0.39, 0.29) is 0 Å². The molecule has 0 aliphatic heterocycles. The van der Waals surface area contributed by atoms with Crippen molar-refractivity contribution in [2.24, 2.45) is 11.8 Å². The van der Waals surface area contributed by atoms with Crippen molar-refractivity contribution >= 4 is 0 Å². The van der Waals surface area contributed by atoms with Crippen LogP contribution in [0.15, 0.2) is 0 Å². The molecule has 108 valence electrons. The van der Waals surface area contributed by atoms with Gasteiger partial charge in [0.1, 0.15) is 0 Å². The number of rotatable bonds is 8. The van der Waals surface area contributed by atoms with Crippen molar-refractivity contribution in [1.82, 2.24) is 10.2 Å². The van der Waals surface area contributed by atoms with E-state index in [1.54, 1.807) is 0 Å². The molecule has 1 aliphatic rings. The molecule has 0 aromatic carbocycles. The van der Waals surface area contributed by atoms with E-state index in [9.17, 15) is 0 Å². The highest BCUT2D eigenvalue weighted by atomic mass is 15.2. The summed E-state index contributed by atoms with van der Waals surface area (Å²) in [5.74, 6) is 1.56. The average molecular weight is 254 g/mol. The molecule has 2 heteroatoms. The Balaban J connectivity index is 2.56. The number of hydrogen-bond donors (Lipinski definition) is 1. The van der Waals surface area contributed by atoms with E-state index in [4.69, 9.17) is 0 Å². The maximum atomic E-state index is 3.33. The van der Waals surface area contributed by atoms with Gasteiger partial charge in [0.05, 0.1) is 0 Å². The summed E-state index contributed by atoms with van der Waals surface area (Å²) < 4.78 is 0. The number of hydrogen-bond acceptors (Lipinski definition) is 2. The maximum Gasteiger partial charge on any atom is 0.0108 e. The van der Waals surface area contributed by atoms with Gasteiger partial charge in [0.2, 0.25) is 0 Å². The third kappa shape index (κ3) is 4.89. The van der Waals surface area contributed by atoms with Gasteiger partial charge in [-0.15, -0.1) is 0 Å². The van der Waals surface area contributed by atoms with E-state index in [0.29, 0.717) is 6.04 Å². The van der Waals surface area contributed by atoms with Crippen molar-refractivity contribution in [3.05, 3.63) is 0 Å². The van der Waals surface area contributed by atoms with Crippen molar-refractivity contribution in [2.45, 2.75) is 71.9 Å². The Morgan fingerprint density at radius 3 is 2.22 bits per heavy atom. The smallest absolute Gasteiger partial charge is 0.0108 e. The quantitative estimate of drug-likeness (QED) is 0.713. The molecule has 0 radical (unpaired) electrons. The lowest BCUT2D eigenvalue weighted by molar-refractivity contribution is 0.103. The van der Waals surface area contributed by atoms with Crippen LogP contribution in [-0.2, 0) is 0 Å². The van der Waals surface area contributed by atoms with Crippen LogP contribution in [0.4, 0.5) is 0 Å². The molecule has 1 rings (SSSR count). The van der Waals surface area contributed by atoms with E-state index in [2.05, 4.69) is 45.0 Å².